The quantitative estimate of drug-likeness (QED) is 0.587. The van der Waals surface area contributed by atoms with E-state index < -0.39 is 11.9 Å². The molecular weight excluding hydrogens is 370 g/mol. The predicted molar refractivity (Wildman–Crippen MR) is 109 cm³/mol. The third-order valence-corrected chi connectivity index (χ3v) is 4.05. The predicted octanol–water partition coefficient (Wildman–Crippen LogP) is 1.34. The molecule has 0 aliphatic heterocycles. The zero-order chi connectivity index (χ0) is 21.5. The van der Waals surface area contributed by atoms with Crippen LogP contribution in [0.5, 0.6) is 0 Å². The average Bonchev–Trinajstić information content (AvgIpc) is 2.71. The summed E-state index contributed by atoms with van der Waals surface area (Å²) < 4.78 is 5.90. The summed E-state index contributed by atoms with van der Waals surface area (Å²) in [5, 5.41) is 19.6. The zero-order valence-corrected chi connectivity index (χ0v) is 16.9. The Morgan fingerprint density at radius 1 is 1.07 bits per heavy atom. The van der Waals surface area contributed by atoms with Crippen LogP contribution >= 0.6 is 0 Å². The van der Waals surface area contributed by atoms with E-state index in [2.05, 4.69) is 73.8 Å². The number of hydrogen-bond acceptors (Lipinski definition) is 4. The molecule has 0 amide bonds. The summed E-state index contributed by atoms with van der Waals surface area (Å²) in [6.07, 6.45) is 2.21. The molecule has 2 rings (SSSR count). The first kappa shape index (κ1) is 24.1. The summed E-state index contributed by atoms with van der Waals surface area (Å²) in [7, 11) is 0. The fourth-order valence-corrected chi connectivity index (χ4v) is 2.73. The highest BCUT2D eigenvalue weighted by Crippen LogP contribution is 2.14. The second kappa shape index (κ2) is 14.1. The van der Waals surface area contributed by atoms with Crippen molar-refractivity contribution in [3.63, 3.8) is 0 Å². The number of carbonyl (C=O) groups is 2. The van der Waals surface area contributed by atoms with E-state index in [0.29, 0.717) is 18.2 Å². The highest BCUT2D eigenvalue weighted by Gasteiger charge is 2.15. The van der Waals surface area contributed by atoms with Gasteiger partial charge in [-0.25, -0.2) is 4.79 Å². The first-order valence-electron chi connectivity index (χ1n) is 9.58. The maximum absolute atomic E-state index is 9.53. The van der Waals surface area contributed by atoms with Gasteiger partial charge in [0.15, 0.2) is 0 Å². The van der Waals surface area contributed by atoms with Gasteiger partial charge >= 0.3 is 5.97 Å². The molecular formula is C23H29NO5. The van der Waals surface area contributed by atoms with Gasteiger partial charge in [0.2, 0.25) is 0 Å². The van der Waals surface area contributed by atoms with Crippen molar-refractivity contribution in [2.45, 2.75) is 32.4 Å². The van der Waals surface area contributed by atoms with Crippen molar-refractivity contribution in [1.29, 1.82) is 0 Å². The van der Waals surface area contributed by atoms with Crippen molar-refractivity contribution in [2.24, 2.45) is 0 Å². The van der Waals surface area contributed by atoms with Gasteiger partial charge in [0.25, 0.3) is 0 Å². The minimum absolute atomic E-state index is 0.175. The summed E-state index contributed by atoms with van der Waals surface area (Å²) in [5.41, 5.74) is 2.66. The Morgan fingerprint density at radius 2 is 1.66 bits per heavy atom. The standard InChI is InChI=1S/C19H25NO.C4H4O4/c1-3-21-19(18-12-8-5-9-13-18)15-20-16(2)14-17-10-6-4-7-11-17;5-3(6)1-2-4(7)8/h4-13,16,19-20H,3,14-15H2,1-2H3;1-2H,(H,5,6)(H,7,8)/b;2-1+. The van der Waals surface area contributed by atoms with Crippen LogP contribution in [-0.4, -0.2) is 36.2 Å². The second-order valence-electron chi connectivity index (χ2n) is 6.48. The van der Waals surface area contributed by atoms with Crippen molar-refractivity contribution in [1.82, 2.24) is 0 Å². The van der Waals surface area contributed by atoms with Gasteiger partial charge in [-0.3, -0.25) is 0 Å². The van der Waals surface area contributed by atoms with Crippen LogP contribution in [0, 0.1) is 0 Å². The Bertz CT molecular complexity index is 730. The van der Waals surface area contributed by atoms with Crippen LogP contribution < -0.4 is 10.4 Å². The van der Waals surface area contributed by atoms with Crippen molar-refractivity contribution in [3.05, 3.63) is 83.9 Å². The lowest BCUT2D eigenvalue weighted by molar-refractivity contribution is -0.692. The molecule has 6 nitrogen and oxygen atoms in total. The fraction of sp³-hybridized carbons (Fsp3) is 0.304. The van der Waals surface area contributed by atoms with E-state index in [9.17, 15) is 14.7 Å². The number of nitrogens with two attached hydrogens (primary N) is 1. The average molecular weight is 399 g/mol. The van der Waals surface area contributed by atoms with Crippen LogP contribution in [0.4, 0.5) is 0 Å². The number of rotatable bonds is 10. The molecule has 0 bridgehead atoms. The zero-order valence-electron chi connectivity index (χ0n) is 16.9. The summed E-state index contributed by atoms with van der Waals surface area (Å²) in [6, 6.07) is 21.7. The smallest absolute Gasteiger partial charge is 0.328 e. The number of carbonyl (C=O) groups excluding carboxylic acids is 1. The molecule has 2 atom stereocenters. The highest BCUT2D eigenvalue weighted by molar-refractivity contribution is 5.88. The molecule has 3 N–H and O–H groups in total. The number of carboxylic acid groups (broad SMARTS) is 2. The van der Waals surface area contributed by atoms with Crippen molar-refractivity contribution >= 4 is 11.9 Å². The third-order valence-electron chi connectivity index (χ3n) is 4.05. The molecule has 0 aliphatic rings. The summed E-state index contributed by atoms with van der Waals surface area (Å²) >= 11 is 0. The number of carboxylic acids is 2. The van der Waals surface area contributed by atoms with E-state index in [0.717, 1.165) is 19.6 Å². The highest BCUT2D eigenvalue weighted by atomic mass is 16.5. The minimum Gasteiger partial charge on any atom is -0.545 e. The van der Waals surface area contributed by atoms with Crippen molar-refractivity contribution in [3.8, 4) is 0 Å². The van der Waals surface area contributed by atoms with E-state index in [1.54, 1.807) is 0 Å². The first-order valence-corrected chi connectivity index (χ1v) is 9.58. The van der Waals surface area contributed by atoms with Gasteiger partial charge in [-0.05, 0) is 31.1 Å². The molecule has 29 heavy (non-hydrogen) atoms. The monoisotopic (exact) mass is 399 g/mol. The molecule has 0 saturated heterocycles. The third kappa shape index (κ3) is 11.5. The van der Waals surface area contributed by atoms with Crippen LogP contribution in [0.1, 0.15) is 31.1 Å². The summed E-state index contributed by atoms with van der Waals surface area (Å²) in [6.45, 7) is 6.05. The summed E-state index contributed by atoms with van der Waals surface area (Å²) in [5.74, 6) is -2.80. The van der Waals surface area contributed by atoms with Crippen LogP contribution in [0.25, 0.3) is 0 Å². The lowest BCUT2D eigenvalue weighted by Crippen LogP contribution is -2.90. The van der Waals surface area contributed by atoms with E-state index in [1.807, 2.05) is 6.07 Å². The molecule has 0 heterocycles. The van der Waals surface area contributed by atoms with Crippen LogP contribution in [0.2, 0.25) is 0 Å². The molecule has 2 aromatic carbocycles. The minimum atomic E-state index is -1.51. The number of aliphatic carboxylic acids is 2. The van der Waals surface area contributed by atoms with Crippen molar-refractivity contribution in [2.75, 3.05) is 13.2 Å². The van der Waals surface area contributed by atoms with Gasteiger partial charge in [-0.1, -0.05) is 60.7 Å². The number of quaternary nitrogens is 1. The lowest BCUT2D eigenvalue weighted by Gasteiger charge is -2.19. The number of ether oxygens (including phenoxy) is 1. The Morgan fingerprint density at radius 3 is 2.14 bits per heavy atom. The normalized spacial score (nSPS) is 12.6. The van der Waals surface area contributed by atoms with Crippen molar-refractivity contribution < 1.29 is 29.9 Å². The topological polar surface area (TPSA) is 103 Å². The van der Waals surface area contributed by atoms with Crippen LogP contribution in [0.3, 0.4) is 0 Å². The van der Waals surface area contributed by atoms with Gasteiger partial charge in [0.05, 0.1) is 12.0 Å². The van der Waals surface area contributed by atoms with E-state index in [1.165, 1.54) is 11.1 Å². The van der Waals surface area contributed by atoms with Gasteiger partial charge in [0, 0.05) is 19.1 Å². The molecule has 6 heteroatoms. The van der Waals surface area contributed by atoms with Crippen LogP contribution in [0.15, 0.2) is 72.8 Å². The number of benzene rings is 2. The van der Waals surface area contributed by atoms with Gasteiger partial charge in [0.1, 0.15) is 12.6 Å². The SMILES string of the molecule is CCOC(C[NH2+]C(C)Cc1ccccc1)c1ccccc1.O=C([O-])/C=C/C(=O)O. The lowest BCUT2D eigenvalue weighted by atomic mass is 10.1. The molecule has 0 aliphatic carbocycles. The Kier molecular flexibility index (Phi) is 11.7. The van der Waals surface area contributed by atoms with E-state index in [4.69, 9.17) is 9.84 Å². The molecule has 0 spiro atoms. The molecule has 2 unspecified atom stereocenters. The van der Waals surface area contributed by atoms with E-state index in [-0.39, 0.29) is 6.10 Å². The number of hydrogen-bond donors (Lipinski definition) is 2. The maximum Gasteiger partial charge on any atom is 0.328 e. The van der Waals surface area contributed by atoms with Gasteiger partial charge in [-0.15, -0.1) is 0 Å². The molecule has 2 aromatic rings. The van der Waals surface area contributed by atoms with Gasteiger partial charge in [-0.2, -0.15) is 0 Å². The Labute approximate surface area is 171 Å². The van der Waals surface area contributed by atoms with Crippen LogP contribution in [-0.2, 0) is 20.7 Å². The molecule has 0 radical (unpaired) electrons. The van der Waals surface area contributed by atoms with Gasteiger partial charge < -0.3 is 25.1 Å². The van der Waals surface area contributed by atoms with E-state index >= 15 is 0 Å². The molecule has 156 valence electrons. The second-order valence-corrected chi connectivity index (χ2v) is 6.48. The maximum atomic E-state index is 9.53. The Hall–Kier alpha value is -2.96. The largest absolute Gasteiger partial charge is 0.545 e. The molecule has 0 aromatic heterocycles. The Balaban J connectivity index is 0.000000447. The fourth-order valence-electron chi connectivity index (χ4n) is 2.73. The molecule has 0 fully saturated rings. The first-order chi connectivity index (χ1) is 13.9. The summed E-state index contributed by atoms with van der Waals surface area (Å²) in [4.78, 5) is 19.0. The molecule has 0 saturated carbocycles.